The summed E-state index contributed by atoms with van der Waals surface area (Å²) >= 11 is 1.47. The largest absolute Gasteiger partial charge is 0.360 e. The van der Waals surface area contributed by atoms with E-state index in [4.69, 9.17) is 4.52 Å². The van der Waals surface area contributed by atoms with Crippen LogP contribution in [0.25, 0.3) is 0 Å². The molecule has 0 aromatic carbocycles. The first-order valence-electron chi connectivity index (χ1n) is 7.62. The monoisotopic (exact) mass is 333 g/mol. The average molecular weight is 333 g/mol. The Morgan fingerprint density at radius 3 is 2.65 bits per heavy atom. The third-order valence-corrected chi connectivity index (χ3v) is 5.09. The summed E-state index contributed by atoms with van der Waals surface area (Å²) in [5.74, 6) is 1.02. The molecule has 0 unspecified atom stereocenters. The summed E-state index contributed by atoms with van der Waals surface area (Å²) in [6, 6.07) is 3.65. The minimum absolute atomic E-state index is 0.0577. The number of piperidine rings is 1. The van der Waals surface area contributed by atoms with Crippen molar-refractivity contribution in [2.45, 2.75) is 26.7 Å². The van der Waals surface area contributed by atoms with Gasteiger partial charge in [-0.2, -0.15) is 0 Å². The molecule has 3 rings (SSSR count). The van der Waals surface area contributed by atoms with E-state index in [1.807, 2.05) is 23.3 Å². The van der Waals surface area contributed by atoms with E-state index in [0.717, 1.165) is 10.4 Å². The van der Waals surface area contributed by atoms with Crippen LogP contribution in [0.4, 0.5) is 5.82 Å². The van der Waals surface area contributed by atoms with Gasteiger partial charge in [0.15, 0.2) is 5.82 Å². The van der Waals surface area contributed by atoms with Crippen LogP contribution in [0.2, 0.25) is 0 Å². The van der Waals surface area contributed by atoms with Crippen LogP contribution in [0.1, 0.15) is 33.8 Å². The number of amides is 2. The average Bonchev–Trinajstić information content (AvgIpc) is 3.15. The van der Waals surface area contributed by atoms with Crippen LogP contribution < -0.4 is 5.32 Å². The lowest BCUT2D eigenvalue weighted by Gasteiger charge is -2.31. The minimum atomic E-state index is -0.0968. The smallest absolute Gasteiger partial charge is 0.264 e. The fourth-order valence-corrected chi connectivity index (χ4v) is 3.63. The SMILES string of the molecule is Cc1cc(NC(=O)C2CCN(C(=O)c3sccc3C)CC2)no1. The number of thiophene rings is 1. The molecular weight excluding hydrogens is 314 g/mol. The summed E-state index contributed by atoms with van der Waals surface area (Å²) in [5.41, 5.74) is 1.02. The Bertz CT molecular complexity index is 714. The highest BCUT2D eigenvalue weighted by atomic mass is 32.1. The second kappa shape index (κ2) is 6.54. The van der Waals surface area contributed by atoms with Crippen molar-refractivity contribution in [3.05, 3.63) is 33.7 Å². The van der Waals surface area contributed by atoms with E-state index in [9.17, 15) is 9.59 Å². The molecule has 0 radical (unpaired) electrons. The standard InChI is InChI=1S/C16H19N3O3S/c1-10-5-8-23-14(10)16(21)19-6-3-12(4-7-19)15(20)17-13-9-11(2)22-18-13/h5,8-9,12H,3-4,6-7H2,1-2H3,(H,17,18,20). The Morgan fingerprint density at radius 2 is 2.09 bits per heavy atom. The van der Waals surface area contributed by atoms with Crippen LogP contribution in [0.3, 0.4) is 0 Å². The van der Waals surface area contributed by atoms with Crippen LogP contribution in [0, 0.1) is 19.8 Å². The van der Waals surface area contributed by atoms with E-state index in [2.05, 4.69) is 10.5 Å². The molecule has 1 aliphatic rings. The fourth-order valence-electron chi connectivity index (χ4n) is 2.73. The Labute approximate surface area is 138 Å². The van der Waals surface area contributed by atoms with Crippen molar-refractivity contribution in [1.82, 2.24) is 10.1 Å². The summed E-state index contributed by atoms with van der Waals surface area (Å²) in [7, 11) is 0. The number of hydrogen-bond donors (Lipinski definition) is 1. The summed E-state index contributed by atoms with van der Waals surface area (Å²) in [4.78, 5) is 27.3. The zero-order valence-electron chi connectivity index (χ0n) is 13.2. The number of hydrogen-bond acceptors (Lipinski definition) is 5. The maximum atomic E-state index is 12.5. The first kappa shape index (κ1) is 15.7. The lowest BCUT2D eigenvalue weighted by molar-refractivity contribution is -0.121. The summed E-state index contributed by atoms with van der Waals surface area (Å²) in [6.07, 6.45) is 1.33. The highest BCUT2D eigenvalue weighted by Gasteiger charge is 2.29. The van der Waals surface area contributed by atoms with Crippen LogP contribution in [0.5, 0.6) is 0 Å². The zero-order valence-corrected chi connectivity index (χ0v) is 14.0. The molecule has 1 N–H and O–H groups in total. The number of nitrogens with zero attached hydrogens (tertiary/aromatic N) is 2. The topological polar surface area (TPSA) is 75.4 Å². The van der Waals surface area contributed by atoms with Crippen molar-refractivity contribution in [2.75, 3.05) is 18.4 Å². The van der Waals surface area contributed by atoms with Crippen LogP contribution >= 0.6 is 11.3 Å². The van der Waals surface area contributed by atoms with Crippen molar-refractivity contribution >= 4 is 29.0 Å². The first-order valence-corrected chi connectivity index (χ1v) is 8.50. The molecule has 1 fully saturated rings. The first-order chi connectivity index (χ1) is 11.0. The molecule has 2 amide bonds. The predicted octanol–water partition coefficient (Wildman–Crippen LogP) is 2.84. The van der Waals surface area contributed by atoms with Gasteiger partial charge in [-0.05, 0) is 43.7 Å². The molecule has 3 heterocycles. The van der Waals surface area contributed by atoms with Crippen molar-refractivity contribution in [2.24, 2.45) is 5.92 Å². The number of carbonyl (C=O) groups excluding carboxylic acids is 2. The maximum absolute atomic E-state index is 12.5. The molecule has 6 nitrogen and oxygen atoms in total. The molecule has 1 aliphatic heterocycles. The number of anilines is 1. The Morgan fingerprint density at radius 1 is 1.35 bits per heavy atom. The molecule has 2 aromatic rings. The number of rotatable bonds is 3. The maximum Gasteiger partial charge on any atom is 0.264 e. The molecule has 0 atom stereocenters. The van der Waals surface area contributed by atoms with Gasteiger partial charge in [0.05, 0.1) is 4.88 Å². The number of aromatic nitrogens is 1. The van der Waals surface area contributed by atoms with E-state index in [-0.39, 0.29) is 17.7 Å². The Balaban J connectivity index is 1.55. The van der Waals surface area contributed by atoms with Gasteiger partial charge in [-0.1, -0.05) is 5.16 Å². The quantitative estimate of drug-likeness (QED) is 0.937. The number of carbonyl (C=O) groups is 2. The molecule has 0 saturated carbocycles. The van der Waals surface area contributed by atoms with Gasteiger partial charge in [0.1, 0.15) is 5.76 Å². The van der Waals surface area contributed by atoms with E-state index in [1.165, 1.54) is 11.3 Å². The number of aryl methyl sites for hydroxylation is 2. The van der Waals surface area contributed by atoms with Gasteiger partial charge in [-0.15, -0.1) is 11.3 Å². The normalized spacial score (nSPS) is 15.7. The molecule has 122 valence electrons. The lowest BCUT2D eigenvalue weighted by atomic mass is 9.95. The molecule has 23 heavy (non-hydrogen) atoms. The van der Waals surface area contributed by atoms with Gasteiger partial charge in [0.2, 0.25) is 5.91 Å². The van der Waals surface area contributed by atoms with E-state index in [0.29, 0.717) is 37.5 Å². The highest BCUT2D eigenvalue weighted by Crippen LogP contribution is 2.24. The number of likely N-dealkylation sites (tertiary alicyclic amines) is 1. The van der Waals surface area contributed by atoms with Gasteiger partial charge in [0, 0.05) is 25.1 Å². The minimum Gasteiger partial charge on any atom is -0.360 e. The molecular formula is C16H19N3O3S. The molecule has 0 bridgehead atoms. The van der Waals surface area contributed by atoms with Crippen LogP contribution in [-0.4, -0.2) is 35.0 Å². The predicted molar refractivity (Wildman–Crippen MR) is 87.6 cm³/mol. The van der Waals surface area contributed by atoms with Crippen LogP contribution in [-0.2, 0) is 4.79 Å². The van der Waals surface area contributed by atoms with Crippen molar-refractivity contribution in [3.8, 4) is 0 Å². The third-order valence-electron chi connectivity index (χ3n) is 4.09. The second-order valence-corrected chi connectivity index (χ2v) is 6.73. The second-order valence-electron chi connectivity index (χ2n) is 5.81. The van der Waals surface area contributed by atoms with E-state index < -0.39 is 0 Å². The van der Waals surface area contributed by atoms with Gasteiger partial charge in [-0.3, -0.25) is 9.59 Å². The van der Waals surface area contributed by atoms with E-state index in [1.54, 1.807) is 13.0 Å². The molecule has 0 aliphatic carbocycles. The molecule has 7 heteroatoms. The summed E-state index contributed by atoms with van der Waals surface area (Å²) < 4.78 is 4.94. The highest BCUT2D eigenvalue weighted by molar-refractivity contribution is 7.12. The molecule has 2 aromatic heterocycles. The summed E-state index contributed by atoms with van der Waals surface area (Å²) in [5, 5.41) is 8.47. The fraction of sp³-hybridized carbons (Fsp3) is 0.438. The van der Waals surface area contributed by atoms with Gasteiger partial charge >= 0.3 is 0 Å². The van der Waals surface area contributed by atoms with Crippen LogP contribution in [0.15, 0.2) is 22.0 Å². The zero-order chi connectivity index (χ0) is 16.4. The van der Waals surface area contributed by atoms with Crippen molar-refractivity contribution < 1.29 is 14.1 Å². The summed E-state index contributed by atoms with van der Waals surface area (Å²) in [6.45, 7) is 4.93. The molecule has 0 spiro atoms. The Hall–Kier alpha value is -2.15. The number of nitrogens with one attached hydrogen (secondary N) is 1. The van der Waals surface area contributed by atoms with Gasteiger partial charge in [-0.25, -0.2) is 0 Å². The third kappa shape index (κ3) is 3.44. The van der Waals surface area contributed by atoms with Gasteiger partial charge < -0.3 is 14.7 Å². The van der Waals surface area contributed by atoms with Gasteiger partial charge in [0.25, 0.3) is 5.91 Å². The van der Waals surface area contributed by atoms with E-state index >= 15 is 0 Å². The Kier molecular flexibility index (Phi) is 4.47. The van der Waals surface area contributed by atoms with Crippen molar-refractivity contribution in [1.29, 1.82) is 0 Å². The van der Waals surface area contributed by atoms with Crippen molar-refractivity contribution in [3.63, 3.8) is 0 Å². The lowest BCUT2D eigenvalue weighted by Crippen LogP contribution is -2.41. The molecule has 1 saturated heterocycles.